The lowest BCUT2D eigenvalue weighted by Gasteiger charge is -1.98. The molecule has 8 heavy (non-hydrogen) atoms. The van der Waals surface area contributed by atoms with Crippen LogP contribution in [0.3, 0.4) is 0 Å². The summed E-state index contributed by atoms with van der Waals surface area (Å²) < 4.78 is 9.68. The molecule has 2 aliphatic heterocycles. The van der Waals surface area contributed by atoms with E-state index in [9.17, 15) is 0 Å². The second-order valence-corrected chi connectivity index (χ2v) is 2.23. The van der Waals surface area contributed by atoms with E-state index in [1.807, 2.05) is 0 Å². The highest BCUT2D eigenvalue weighted by atomic mass is 16.6. The zero-order valence-corrected chi connectivity index (χ0v) is 4.41. The highest BCUT2D eigenvalue weighted by Crippen LogP contribution is 2.24. The van der Waals surface area contributed by atoms with E-state index in [2.05, 4.69) is 0 Å². The van der Waals surface area contributed by atoms with Crippen LogP contribution in [-0.2, 0) is 9.47 Å². The van der Waals surface area contributed by atoms with E-state index < -0.39 is 0 Å². The number of rotatable bonds is 2. The van der Waals surface area contributed by atoms with Gasteiger partial charge in [0.1, 0.15) is 18.3 Å². The topological polar surface area (TPSA) is 45.3 Å². The summed E-state index contributed by atoms with van der Waals surface area (Å²) in [7, 11) is 0. The quantitative estimate of drug-likeness (QED) is 0.478. The van der Waals surface area contributed by atoms with E-state index in [1.165, 1.54) is 0 Å². The van der Waals surface area contributed by atoms with Gasteiger partial charge < -0.3 is 14.6 Å². The second kappa shape index (κ2) is 1.43. The van der Waals surface area contributed by atoms with Gasteiger partial charge in [0.25, 0.3) is 0 Å². The third-order valence-electron chi connectivity index (χ3n) is 1.48. The van der Waals surface area contributed by atoms with Crippen molar-refractivity contribution in [2.24, 2.45) is 0 Å². The van der Waals surface area contributed by atoms with Crippen molar-refractivity contribution in [1.82, 2.24) is 0 Å². The number of epoxide rings is 2. The average Bonchev–Trinajstić information content (AvgIpc) is 2.63. The standard InChI is InChI=1S/C5H8O3/c6-5(3-1-7-3)4-2-8-4/h3-6H,1-2H2/t3-,4-/m0/s1. The number of hydrogen-bond acceptors (Lipinski definition) is 3. The molecule has 46 valence electrons. The zero-order valence-electron chi connectivity index (χ0n) is 4.41. The Balaban J connectivity index is 1.84. The van der Waals surface area contributed by atoms with Crippen LogP contribution in [0, 0.1) is 0 Å². The third kappa shape index (κ3) is 0.727. The first kappa shape index (κ1) is 4.73. The molecule has 2 atom stereocenters. The summed E-state index contributed by atoms with van der Waals surface area (Å²) in [4.78, 5) is 0. The van der Waals surface area contributed by atoms with Crippen molar-refractivity contribution in [2.45, 2.75) is 18.3 Å². The molecule has 2 heterocycles. The maximum Gasteiger partial charge on any atom is 0.111 e. The van der Waals surface area contributed by atoms with Crippen LogP contribution in [0.2, 0.25) is 0 Å². The summed E-state index contributed by atoms with van der Waals surface area (Å²) >= 11 is 0. The largest absolute Gasteiger partial charge is 0.388 e. The minimum absolute atomic E-state index is 0.0856. The molecule has 2 rings (SSSR count). The summed E-state index contributed by atoms with van der Waals surface area (Å²) in [6.45, 7) is 1.42. The van der Waals surface area contributed by atoms with Gasteiger partial charge in [-0.05, 0) is 0 Å². The van der Waals surface area contributed by atoms with E-state index in [0.29, 0.717) is 13.2 Å². The Kier molecular flexibility index (Phi) is 0.848. The molecule has 0 bridgehead atoms. The lowest BCUT2D eigenvalue weighted by Crippen LogP contribution is -2.21. The molecule has 0 radical (unpaired) electrons. The zero-order chi connectivity index (χ0) is 5.56. The van der Waals surface area contributed by atoms with E-state index in [4.69, 9.17) is 14.6 Å². The molecule has 0 saturated carbocycles. The van der Waals surface area contributed by atoms with Crippen LogP contribution in [0.5, 0.6) is 0 Å². The van der Waals surface area contributed by atoms with Crippen LogP contribution in [-0.4, -0.2) is 36.6 Å². The first-order valence-corrected chi connectivity index (χ1v) is 2.79. The van der Waals surface area contributed by atoms with Crippen molar-refractivity contribution < 1.29 is 14.6 Å². The summed E-state index contributed by atoms with van der Waals surface area (Å²) in [5, 5.41) is 9.08. The van der Waals surface area contributed by atoms with Gasteiger partial charge in [-0.3, -0.25) is 0 Å². The molecule has 0 aromatic heterocycles. The van der Waals surface area contributed by atoms with Crippen LogP contribution in [0.4, 0.5) is 0 Å². The molecule has 0 amide bonds. The highest BCUT2D eigenvalue weighted by molar-refractivity contribution is 4.89. The highest BCUT2D eigenvalue weighted by Gasteiger charge is 2.42. The van der Waals surface area contributed by atoms with Gasteiger partial charge in [0.05, 0.1) is 13.2 Å². The normalized spacial score (nSPS) is 42.8. The summed E-state index contributed by atoms with van der Waals surface area (Å²) in [6, 6.07) is 0. The van der Waals surface area contributed by atoms with Crippen molar-refractivity contribution in [3.63, 3.8) is 0 Å². The molecule has 3 nitrogen and oxygen atoms in total. The molecule has 0 aromatic rings. The van der Waals surface area contributed by atoms with Crippen molar-refractivity contribution in [1.29, 1.82) is 0 Å². The van der Waals surface area contributed by atoms with E-state index >= 15 is 0 Å². The molecule has 0 aliphatic carbocycles. The van der Waals surface area contributed by atoms with Crippen molar-refractivity contribution in [2.75, 3.05) is 13.2 Å². The Morgan fingerprint density at radius 3 is 1.88 bits per heavy atom. The van der Waals surface area contributed by atoms with Gasteiger partial charge >= 0.3 is 0 Å². The van der Waals surface area contributed by atoms with Gasteiger partial charge in [0, 0.05) is 0 Å². The second-order valence-electron chi connectivity index (χ2n) is 2.23. The van der Waals surface area contributed by atoms with Gasteiger partial charge in [-0.2, -0.15) is 0 Å². The van der Waals surface area contributed by atoms with Crippen LogP contribution in [0.15, 0.2) is 0 Å². The van der Waals surface area contributed by atoms with Gasteiger partial charge in [-0.25, -0.2) is 0 Å². The van der Waals surface area contributed by atoms with Crippen molar-refractivity contribution >= 4 is 0 Å². The Morgan fingerprint density at radius 2 is 1.62 bits per heavy atom. The maximum atomic E-state index is 9.08. The van der Waals surface area contributed by atoms with E-state index in [-0.39, 0.29) is 18.3 Å². The van der Waals surface area contributed by atoms with Gasteiger partial charge in [-0.15, -0.1) is 0 Å². The number of aliphatic hydroxyl groups excluding tert-OH is 1. The smallest absolute Gasteiger partial charge is 0.111 e. The Labute approximate surface area is 47.2 Å². The summed E-state index contributed by atoms with van der Waals surface area (Å²) in [5.74, 6) is 0. The minimum atomic E-state index is -0.352. The predicted molar refractivity (Wildman–Crippen MR) is 25.5 cm³/mol. The fourth-order valence-electron chi connectivity index (χ4n) is 0.745. The monoisotopic (exact) mass is 116 g/mol. The molecule has 1 N–H and O–H groups in total. The lowest BCUT2D eigenvalue weighted by atomic mass is 10.2. The molecule has 0 aromatic carbocycles. The van der Waals surface area contributed by atoms with Crippen LogP contribution < -0.4 is 0 Å². The van der Waals surface area contributed by atoms with Gasteiger partial charge in [0.15, 0.2) is 0 Å². The molecule has 2 saturated heterocycles. The summed E-state index contributed by atoms with van der Waals surface area (Å²) in [5.41, 5.74) is 0. The van der Waals surface area contributed by atoms with Crippen molar-refractivity contribution in [3.05, 3.63) is 0 Å². The Hall–Kier alpha value is -0.120. The van der Waals surface area contributed by atoms with Crippen molar-refractivity contribution in [3.8, 4) is 0 Å². The fraction of sp³-hybridized carbons (Fsp3) is 1.00. The molecule has 0 unspecified atom stereocenters. The fourth-order valence-corrected chi connectivity index (χ4v) is 0.745. The minimum Gasteiger partial charge on any atom is -0.388 e. The molecule has 2 fully saturated rings. The SMILES string of the molecule is OC([C@@H]1CO1)[C@@H]1CO1. The van der Waals surface area contributed by atoms with Crippen LogP contribution in [0.1, 0.15) is 0 Å². The van der Waals surface area contributed by atoms with E-state index in [0.717, 1.165) is 0 Å². The van der Waals surface area contributed by atoms with E-state index in [1.54, 1.807) is 0 Å². The summed E-state index contributed by atoms with van der Waals surface area (Å²) in [6.07, 6.45) is -0.181. The Morgan fingerprint density at radius 1 is 1.25 bits per heavy atom. The molecule has 0 spiro atoms. The maximum absolute atomic E-state index is 9.08. The molecule has 3 heteroatoms. The van der Waals surface area contributed by atoms with Gasteiger partial charge in [0.2, 0.25) is 0 Å². The van der Waals surface area contributed by atoms with Crippen LogP contribution >= 0.6 is 0 Å². The number of aliphatic hydroxyl groups is 1. The van der Waals surface area contributed by atoms with Gasteiger partial charge in [-0.1, -0.05) is 0 Å². The molecular weight excluding hydrogens is 108 g/mol. The number of ether oxygens (including phenoxy) is 2. The lowest BCUT2D eigenvalue weighted by molar-refractivity contribution is 0.103. The predicted octanol–water partition coefficient (Wildman–Crippen LogP) is -0.855. The average molecular weight is 116 g/mol. The molecule has 2 aliphatic rings. The number of hydrogen-bond donors (Lipinski definition) is 1. The molecular formula is C5H8O3. The first-order valence-electron chi connectivity index (χ1n) is 2.79. The van der Waals surface area contributed by atoms with Crippen LogP contribution in [0.25, 0.3) is 0 Å². The Bertz CT molecular complexity index is 83.8. The third-order valence-corrected chi connectivity index (χ3v) is 1.48. The first-order chi connectivity index (χ1) is 3.88.